The summed E-state index contributed by atoms with van der Waals surface area (Å²) in [4.78, 5) is 13.0. The average molecular weight is 215 g/mol. The van der Waals surface area contributed by atoms with Crippen molar-refractivity contribution in [3.05, 3.63) is 0 Å². The molecule has 1 heterocycles. The van der Waals surface area contributed by atoms with Gasteiger partial charge >= 0.3 is 0 Å². The summed E-state index contributed by atoms with van der Waals surface area (Å²) < 4.78 is 0. The van der Waals surface area contributed by atoms with Gasteiger partial charge in [-0.05, 0) is 33.0 Å². The fraction of sp³-hybridized carbons (Fsp3) is 0.778. The van der Waals surface area contributed by atoms with Crippen LogP contribution >= 0.6 is 11.8 Å². The van der Waals surface area contributed by atoms with Crippen LogP contribution in [0, 0.1) is 0 Å². The zero-order valence-corrected chi connectivity index (χ0v) is 9.56. The van der Waals surface area contributed by atoms with Crippen LogP contribution in [-0.4, -0.2) is 41.7 Å². The van der Waals surface area contributed by atoms with Crippen molar-refractivity contribution in [2.45, 2.75) is 19.8 Å². The summed E-state index contributed by atoms with van der Waals surface area (Å²) in [5, 5.41) is 3.97. The van der Waals surface area contributed by atoms with Crippen molar-refractivity contribution in [1.82, 2.24) is 10.3 Å². The number of nitrogens with zero attached hydrogens (tertiary/aromatic N) is 2. The molecule has 0 fully saturated rings. The number of carbonyl (C=O) groups is 1. The van der Waals surface area contributed by atoms with Gasteiger partial charge in [-0.2, -0.15) is 5.10 Å². The number of hydrogen-bond donors (Lipinski definition) is 1. The van der Waals surface area contributed by atoms with Gasteiger partial charge in [-0.25, -0.2) is 5.43 Å². The second-order valence-electron chi connectivity index (χ2n) is 3.37. The molecule has 0 radical (unpaired) electrons. The van der Waals surface area contributed by atoms with Gasteiger partial charge in [-0.3, -0.25) is 4.79 Å². The van der Waals surface area contributed by atoms with E-state index in [9.17, 15) is 4.79 Å². The molecule has 80 valence electrons. The molecule has 1 rings (SSSR count). The Morgan fingerprint density at radius 1 is 1.64 bits per heavy atom. The Bertz CT molecular complexity index is 230. The highest BCUT2D eigenvalue weighted by molar-refractivity contribution is 8.14. The van der Waals surface area contributed by atoms with Crippen LogP contribution in [0.3, 0.4) is 0 Å². The van der Waals surface area contributed by atoms with E-state index < -0.39 is 0 Å². The highest BCUT2D eigenvalue weighted by Crippen LogP contribution is 2.10. The van der Waals surface area contributed by atoms with Crippen molar-refractivity contribution < 1.29 is 4.79 Å². The third-order valence-electron chi connectivity index (χ3n) is 2.22. The zero-order valence-electron chi connectivity index (χ0n) is 8.75. The van der Waals surface area contributed by atoms with Gasteiger partial charge in [0.1, 0.15) is 0 Å². The molecule has 1 aliphatic rings. The Balaban J connectivity index is 2.16. The molecule has 0 atom stereocenters. The predicted molar refractivity (Wildman–Crippen MR) is 60.8 cm³/mol. The molecule has 1 aliphatic heterocycles. The molecule has 0 aromatic rings. The van der Waals surface area contributed by atoms with Crippen molar-refractivity contribution in [3.8, 4) is 0 Å². The van der Waals surface area contributed by atoms with E-state index in [0.29, 0.717) is 0 Å². The molecular weight excluding hydrogens is 198 g/mol. The van der Waals surface area contributed by atoms with Crippen LogP contribution < -0.4 is 5.43 Å². The second-order valence-corrected chi connectivity index (χ2v) is 4.31. The van der Waals surface area contributed by atoms with Crippen molar-refractivity contribution in [1.29, 1.82) is 0 Å². The Hall–Kier alpha value is -0.550. The van der Waals surface area contributed by atoms with Crippen LogP contribution in [0.2, 0.25) is 0 Å². The van der Waals surface area contributed by atoms with E-state index in [0.717, 1.165) is 37.4 Å². The topological polar surface area (TPSA) is 44.7 Å². The molecule has 1 N–H and O–H groups in total. The lowest BCUT2D eigenvalue weighted by Crippen LogP contribution is -2.24. The molecule has 1 amide bonds. The molecule has 0 saturated heterocycles. The van der Waals surface area contributed by atoms with E-state index in [1.807, 2.05) is 0 Å². The SMILES string of the molecule is CCN(C)CCCC1=NNC(=O)SC1. The normalized spacial score (nSPS) is 16.8. The van der Waals surface area contributed by atoms with Crippen molar-refractivity contribution in [3.63, 3.8) is 0 Å². The largest absolute Gasteiger partial charge is 0.307 e. The maximum absolute atomic E-state index is 10.8. The van der Waals surface area contributed by atoms with Crippen LogP contribution in [0.25, 0.3) is 0 Å². The average Bonchev–Trinajstić information content (AvgIpc) is 2.21. The van der Waals surface area contributed by atoms with Gasteiger partial charge in [-0.15, -0.1) is 0 Å². The molecule has 0 aromatic carbocycles. The van der Waals surface area contributed by atoms with Crippen molar-refractivity contribution in [2.75, 3.05) is 25.9 Å². The first-order chi connectivity index (χ1) is 6.72. The van der Waals surface area contributed by atoms with Crippen LogP contribution in [0.15, 0.2) is 5.10 Å². The van der Waals surface area contributed by atoms with Gasteiger partial charge in [0.2, 0.25) is 0 Å². The van der Waals surface area contributed by atoms with Crippen LogP contribution in [0.5, 0.6) is 0 Å². The highest BCUT2D eigenvalue weighted by Gasteiger charge is 2.11. The van der Waals surface area contributed by atoms with E-state index in [1.54, 1.807) is 0 Å². The lowest BCUT2D eigenvalue weighted by molar-refractivity contribution is 0.261. The Kier molecular flexibility index (Phi) is 4.97. The number of amides is 1. The fourth-order valence-corrected chi connectivity index (χ4v) is 1.79. The lowest BCUT2D eigenvalue weighted by atomic mass is 10.2. The first kappa shape index (κ1) is 11.5. The number of carbonyl (C=O) groups excluding carboxylic acids is 1. The first-order valence-corrected chi connectivity index (χ1v) is 5.87. The molecule has 0 spiro atoms. The van der Waals surface area contributed by atoms with Gasteiger partial charge in [0.15, 0.2) is 0 Å². The van der Waals surface area contributed by atoms with E-state index in [4.69, 9.17) is 0 Å². The molecule has 14 heavy (non-hydrogen) atoms. The molecule has 0 bridgehead atoms. The number of hydrazone groups is 1. The van der Waals surface area contributed by atoms with Crippen molar-refractivity contribution in [2.24, 2.45) is 5.10 Å². The number of thioether (sulfide) groups is 1. The summed E-state index contributed by atoms with van der Waals surface area (Å²) in [6.45, 7) is 4.32. The van der Waals surface area contributed by atoms with E-state index >= 15 is 0 Å². The first-order valence-electron chi connectivity index (χ1n) is 4.89. The van der Waals surface area contributed by atoms with Gasteiger partial charge in [0.05, 0.1) is 0 Å². The molecule has 5 heteroatoms. The van der Waals surface area contributed by atoms with Gasteiger partial charge in [-0.1, -0.05) is 18.7 Å². The van der Waals surface area contributed by atoms with Gasteiger partial charge in [0.25, 0.3) is 5.24 Å². The minimum Gasteiger partial charge on any atom is -0.307 e. The molecule has 0 saturated carbocycles. The summed E-state index contributed by atoms with van der Waals surface area (Å²) in [5.74, 6) is 0.752. The summed E-state index contributed by atoms with van der Waals surface area (Å²) in [5.41, 5.74) is 3.58. The highest BCUT2D eigenvalue weighted by atomic mass is 32.2. The molecule has 0 aromatic heterocycles. The van der Waals surface area contributed by atoms with Gasteiger partial charge < -0.3 is 4.90 Å². The predicted octanol–water partition coefficient (Wildman–Crippen LogP) is 1.53. The summed E-state index contributed by atoms with van der Waals surface area (Å²) in [7, 11) is 2.11. The summed E-state index contributed by atoms with van der Waals surface area (Å²) in [6.07, 6.45) is 2.09. The van der Waals surface area contributed by atoms with Crippen LogP contribution in [0.4, 0.5) is 4.79 Å². The zero-order chi connectivity index (χ0) is 10.4. The van der Waals surface area contributed by atoms with E-state index in [1.165, 1.54) is 11.8 Å². The molecule has 0 unspecified atom stereocenters. The monoisotopic (exact) mass is 215 g/mol. The third-order valence-corrected chi connectivity index (χ3v) is 3.05. The fourth-order valence-electron chi connectivity index (χ4n) is 1.18. The molecule has 4 nitrogen and oxygen atoms in total. The number of hydrogen-bond acceptors (Lipinski definition) is 4. The second kappa shape index (κ2) is 6.03. The minimum absolute atomic E-state index is 0.0422. The standard InChI is InChI=1S/C9H17N3OS/c1-3-12(2)6-4-5-8-7-14-9(13)11-10-8/h3-7H2,1-2H3,(H,11,13). The molecular formula is C9H17N3OS. The summed E-state index contributed by atoms with van der Waals surface area (Å²) in [6, 6.07) is 0. The maximum Gasteiger partial charge on any atom is 0.299 e. The minimum atomic E-state index is -0.0422. The van der Waals surface area contributed by atoms with Crippen LogP contribution in [-0.2, 0) is 0 Å². The number of nitrogens with one attached hydrogen (secondary N) is 1. The maximum atomic E-state index is 10.8. The Labute approximate surface area is 89.1 Å². The lowest BCUT2D eigenvalue weighted by Gasteiger charge is -2.15. The number of rotatable bonds is 5. The summed E-state index contributed by atoms with van der Waals surface area (Å²) >= 11 is 1.30. The Morgan fingerprint density at radius 3 is 3.00 bits per heavy atom. The van der Waals surface area contributed by atoms with Crippen LogP contribution in [0.1, 0.15) is 19.8 Å². The van der Waals surface area contributed by atoms with E-state index in [-0.39, 0.29) is 5.24 Å². The van der Waals surface area contributed by atoms with Gasteiger partial charge in [0, 0.05) is 11.5 Å². The molecule has 0 aliphatic carbocycles. The smallest absolute Gasteiger partial charge is 0.299 e. The quantitative estimate of drug-likeness (QED) is 0.756. The van der Waals surface area contributed by atoms with E-state index in [2.05, 4.69) is 29.4 Å². The van der Waals surface area contributed by atoms with Crippen molar-refractivity contribution >= 4 is 22.7 Å². The third kappa shape index (κ3) is 4.11. The Morgan fingerprint density at radius 2 is 2.43 bits per heavy atom.